The number of aliphatic hydroxyl groups excluding tert-OH is 2. The Morgan fingerprint density at radius 3 is 2.09 bits per heavy atom. The van der Waals surface area contributed by atoms with Crippen molar-refractivity contribution in [1.29, 1.82) is 0 Å². The van der Waals surface area contributed by atoms with Gasteiger partial charge in [0.1, 0.15) is 11.6 Å². The van der Waals surface area contributed by atoms with Crippen LogP contribution in [0.1, 0.15) is 29.8 Å². The third-order valence-electron chi connectivity index (χ3n) is 4.84. The molecule has 1 aromatic heterocycles. The van der Waals surface area contributed by atoms with E-state index in [9.17, 15) is 23.8 Å². The van der Waals surface area contributed by atoms with E-state index in [0.29, 0.717) is 28.1 Å². The predicted octanol–water partition coefficient (Wildman–Crippen LogP) is 2.75. The summed E-state index contributed by atoms with van der Waals surface area (Å²) >= 11 is 0. The minimum Gasteiger partial charge on any atom is -0.481 e. The highest BCUT2D eigenvalue weighted by molar-refractivity contribution is 6.00. The second-order valence-corrected chi connectivity index (χ2v) is 7.46. The van der Waals surface area contributed by atoms with E-state index in [1.165, 1.54) is 41.1 Å². The molecule has 3 N–H and O–H groups in total. The van der Waals surface area contributed by atoms with E-state index < -0.39 is 36.2 Å². The van der Waals surface area contributed by atoms with Crippen LogP contribution in [0.5, 0.6) is 0 Å². The summed E-state index contributed by atoms with van der Waals surface area (Å²) in [5.74, 6) is -1.71. The first-order valence-corrected chi connectivity index (χ1v) is 10.2. The molecule has 2 atom stereocenters. The van der Waals surface area contributed by atoms with E-state index in [1.54, 1.807) is 31.3 Å². The number of rotatable bonds is 9. The maximum Gasteiger partial charge on any atom is 0.305 e. The molecule has 0 radical (unpaired) electrons. The highest BCUT2D eigenvalue weighted by Gasteiger charge is 2.17. The van der Waals surface area contributed by atoms with Gasteiger partial charge in [0.25, 0.3) is 0 Å². The van der Waals surface area contributed by atoms with Crippen molar-refractivity contribution in [2.45, 2.75) is 25.0 Å². The molecule has 2 aromatic carbocycles. The molecule has 0 spiro atoms. The number of carboxylic acids is 1. The summed E-state index contributed by atoms with van der Waals surface area (Å²) in [6.07, 6.45) is -0.311. The largest absolute Gasteiger partial charge is 0.481 e. The normalized spacial score (nSPS) is 12.4. The summed E-state index contributed by atoms with van der Waals surface area (Å²) in [5, 5.41) is 40.1. The van der Waals surface area contributed by atoms with Gasteiger partial charge in [-0.1, -0.05) is 24.3 Å². The zero-order valence-electron chi connectivity index (χ0n) is 18.1. The summed E-state index contributed by atoms with van der Waals surface area (Å²) in [4.78, 5) is 10.7. The second-order valence-electron chi connectivity index (χ2n) is 7.46. The van der Waals surface area contributed by atoms with E-state index in [1.807, 2.05) is 0 Å². The number of hydrogen-bond acceptors (Lipinski definition) is 6. The van der Waals surface area contributed by atoms with Gasteiger partial charge in [0.05, 0.1) is 18.6 Å². The Morgan fingerprint density at radius 2 is 1.62 bits per heavy atom. The highest BCUT2D eigenvalue weighted by atomic mass is 19.1. The lowest BCUT2D eigenvalue weighted by molar-refractivity contribution is -0.139. The van der Waals surface area contributed by atoms with E-state index in [4.69, 9.17) is 5.11 Å². The number of nitrogens with zero attached hydrogens (tertiary/aromatic N) is 4. The van der Waals surface area contributed by atoms with Crippen molar-refractivity contribution < 1.29 is 28.9 Å². The van der Waals surface area contributed by atoms with Crippen molar-refractivity contribution in [3.05, 3.63) is 95.0 Å². The lowest BCUT2D eigenvalue weighted by Crippen LogP contribution is -2.19. The Labute approximate surface area is 193 Å². The van der Waals surface area contributed by atoms with Gasteiger partial charge in [-0.2, -0.15) is 0 Å². The Balaban J connectivity index is 2.13. The summed E-state index contributed by atoms with van der Waals surface area (Å²) in [6, 6.07) is 11.4. The van der Waals surface area contributed by atoms with Gasteiger partial charge in [-0.25, -0.2) is 13.5 Å². The molecule has 8 nitrogen and oxygen atoms in total. The number of halogens is 2. The maximum atomic E-state index is 13.6. The number of carboxylic acid groups (broad SMARTS) is 1. The number of aryl methyl sites for hydroxylation is 1. The molecule has 10 heteroatoms. The number of hydrogen-bond donors (Lipinski definition) is 3. The molecule has 0 aliphatic heterocycles. The van der Waals surface area contributed by atoms with Crippen LogP contribution in [0.3, 0.4) is 0 Å². The smallest absolute Gasteiger partial charge is 0.305 e. The average molecular weight is 468 g/mol. The SMILES string of the molecule is Cn1nnnc1C(C=C=C[C@@H](O)C[C@@H](O)CC(=O)O)=C(c1ccc(F)cc1)c1ccc(F)cc1. The predicted molar refractivity (Wildman–Crippen MR) is 119 cm³/mol. The van der Waals surface area contributed by atoms with Gasteiger partial charge in [0.2, 0.25) is 0 Å². The zero-order chi connectivity index (χ0) is 24.7. The average Bonchev–Trinajstić information content (AvgIpc) is 3.20. The number of aliphatic hydroxyl groups is 2. The van der Waals surface area contributed by atoms with Crippen molar-refractivity contribution in [2.24, 2.45) is 7.05 Å². The third kappa shape index (κ3) is 6.52. The van der Waals surface area contributed by atoms with Gasteiger partial charge in [-0.05, 0) is 58.0 Å². The van der Waals surface area contributed by atoms with Gasteiger partial charge in [-0.3, -0.25) is 4.79 Å². The fraction of sp³-hybridized carbons (Fsp3) is 0.208. The number of tetrazole rings is 1. The molecule has 0 fully saturated rings. The molecule has 0 aliphatic carbocycles. The van der Waals surface area contributed by atoms with Gasteiger partial charge in [-0.15, -0.1) is 10.8 Å². The molecular formula is C24H22F2N4O4. The summed E-state index contributed by atoms with van der Waals surface area (Å²) in [7, 11) is 1.62. The van der Waals surface area contributed by atoms with Crippen LogP contribution < -0.4 is 0 Å². The number of allylic oxidation sites excluding steroid dienone is 1. The number of aliphatic carboxylic acids is 1. The first-order chi connectivity index (χ1) is 16.2. The molecule has 0 amide bonds. The van der Waals surface area contributed by atoms with Crippen molar-refractivity contribution in [2.75, 3.05) is 0 Å². The fourth-order valence-electron chi connectivity index (χ4n) is 3.29. The molecule has 0 unspecified atom stereocenters. The topological polar surface area (TPSA) is 121 Å². The first kappa shape index (κ1) is 24.7. The lowest BCUT2D eigenvalue weighted by atomic mass is 9.92. The van der Waals surface area contributed by atoms with Gasteiger partial charge >= 0.3 is 5.97 Å². The van der Waals surface area contributed by atoms with Crippen LogP contribution in [0.15, 0.2) is 66.4 Å². The van der Waals surface area contributed by atoms with E-state index in [0.717, 1.165) is 0 Å². The molecule has 0 bridgehead atoms. The summed E-state index contributed by atoms with van der Waals surface area (Å²) < 4.78 is 28.6. The molecule has 0 saturated carbocycles. The lowest BCUT2D eigenvalue weighted by Gasteiger charge is -2.13. The van der Waals surface area contributed by atoms with Crippen LogP contribution >= 0.6 is 0 Å². The van der Waals surface area contributed by atoms with Gasteiger partial charge in [0.15, 0.2) is 5.82 Å². The molecule has 0 aliphatic rings. The molecule has 176 valence electrons. The Morgan fingerprint density at radius 1 is 1.06 bits per heavy atom. The van der Waals surface area contributed by atoms with Gasteiger partial charge in [0, 0.05) is 24.6 Å². The number of carbonyl (C=O) groups is 1. The van der Waals surface area contributed by atoms with Crippen molar-refractivity contribution >= 4 is 17.1 Å². The monoisotopic (exact) mass is 468 g/mol. The minimum atomic E-state index is -1.22. The highest BCUT2D eigenvalue weighted by Crippen LogP contribution is 2.32. The Bertz CT molecular complexity index is 1180. The fourth-order valence-corrected chi connectivity index (χ4v) is 3.29. The second kappa shape index (κ2) is 11.2. The van der Waals surface area contributed by atoms with Crippen molar-refractivity contribution in [3.8, 4) is 0 Å². The van der Waals surface area contributed by atoms with Crippen molar-refractivity contribution in [1.82, 2.24) is 20.2 Å². The van der Waals surface area contributed by atoms with Crippen LogP contribution in [-0.4, -0.2) is 53.7 Å². The molecule has 34 heavy (non-hydrogen) atoms. The minimum absolute atomic E-state index is 0.194. The molecule has 3 aromatic rings. The third-order valence-corrected chi connectivity index (χ3v) is 4.84. The standard InChI is InChI=1S/C24H22F2N4O4/c1-30-24(27-28-29-30)21(4-2-3-19(31)13-20(32)14-22(33)34)23(15-5-9-17(25)10-6-15)16-7-11-18(26)12-8-16/h3-12,19-20,31-32H,13-14H2,1H3,(H,33,34)/t2?,19-,20-/m1/s1. The number of aromatic nitrogens is 4. The quantitative estimate of drug-likeness (QED) is 0.326. The van der Waals surface area contributed by atoms with Crippen LogP contribution in [0.2, 0.25) is 0 Å². The molecular weight excluding hydrogens is 446 g/mol. The zero-order valence-corrected chi connectivity index (χ0v) is 18.1. The van der Waals surface area contributed by atoms with Crippen LogP contribution in [0.4, 0.5) is 8.78 Å². The van der Waals surface area contributed by atoms with Crippen LogP contribution in [0.25, 0.3) is 11.1 Å². The van der Waals surface area contributed by atoms with Gasteiger partial charge < -0.3 is 15.3 Å². The summed E-state index contributed by atoms with van der Waals surface area (Å²) in [6.45, 7) is 0. The molecule has 3 rings (SSSR count). The first-order valence-electron chi connectivity index (χ1n) is 10.2. The van der Waals surface area contributed by atoms with E-state index in [-0.39, 0.29) is 6.42 Å². The van der Waals surface area contributed by atoms with E-state index >= 15 is 0 Å². The number of benzene rings is 2. The van der Waals surface area contributed by atoms with Crippen LogP contribution in [-0.2, 0) is 11.8 Å². The molecule has 0 saturated heterocycles. The van der Waals surface area contributed by atoms with Crippen LogP contribution in [0, 0.1) is 11.6 Å². The van der Waals surface area contributed by atoms with E-state index in [2.05, 4.69) is 21.3 Å². The van der Waals surface area contributed by atoms with Crippen molar-refractivity contribution in [3.63, 3.8) is 0 Å². The Hall–Kier alpha value is -3.98. The summed E-state index contributed by atoms with van der Waals surface area (Å²) in [5.41, 5.74) is 5.03. The maximum absolute atomic E-state index is 13.6. The Kier molecular flexibility index (Phi) is 8.15. The molecule has 1 heterocycles.